The fraction of sp³-hybridized carbons (Fsp3) is 0.364. The molecule has 0 amide bonds. The van der Waals surface area contributed by atoms with Crippen LogP contribution in [0.5, 0.6) is 5.75 Å². The number of aliphatic hydroxyl groups is 2. The SMILES string of the molecule is Nc1ncnc2c1ccn2C1C=C(COc2cc(C(F)F)c(F)c3c2CNCC3)C(O)[C@@H]1O. The van der Waals surface area contributed by atoms with Crippen molar-refractivity contribution >= 4 is 16.9 Å². The average Bonchev–Trinajstić information content (AvgIpc) is 3.35. The molecular formula is C22H22F3N5O3. The Morgan fingerprint density at radius 2 is 2.09 bits per heavy atom. The number of fused-ring (bicyclic) bond motifs is 2. The highest BCUT2D eigenvalue weighted by molar-refractivity contribution is 5.86. The van der Waals surface area contributed by atoms with Crippen LogP contribution in [0, 0.1) is 5.82 Å². The van der Waals surface area contributed by atoms with Gasteiger partial charge in [-0.05, 0) is 36.2 Å². The van der Waals surface area contributed by atoms with Crippen LogP contribution in [0.4, 0.5) is 19.0 Å². The summed E-state index contributed by atoms with van der Waals surface area (Å²) in [5.74, 6) is -0.471. The fourth-order valence-electron chi connectivity index (χ4n) is 4.51. The average molecular weight is 461 g/mol. The van der Waals surface area contributed by atoms with Gasteiger partial charge in [-0.1, -0.05) is 6.08 Å². The Morgan fingerprint density at radius 1 is 1.27 bits per heavy atom. The van der Waals surface area contributed by atoms with Gasteiger partial charge in [0.25, 0.3) is 6.43 Å². The van der Waals surface area contributed by atoms with Gasteiger partial charge in [-0.25, -0.2) is 23.1 Å². The summed E-state index contributed by atoms with van der Waals surface area (Å²) in [7, 11) is 0. The number of halogens is 3. The van der Waals surface area contributed by atoms with E-state index in [-0.39, 0.29) is 30.9 Å². The molecule has 1 aliphatic carbocycles. The zero-order chi connectivity index (χ0) is 23.3. The molecule has 0 bridgehead atoms. The molecular weight excluding hydrogens is 439 g/mol. The first kappa shape index (κ1) is 21.7. The Morgan fingerprint density at radius 3 is 2.88 bits per heavy atom. The van der Waals surface area contributed by atoms with E-state index in [4.69, 9.17) is 10.5 Å². The Balaban J connectivity index is 1.44. The number of nitrogens with two attached hydrogens (primary N) is 1. The predicted octanol–water partition coefficient (Wildman–Crippen LogP) is 2.02. The van der Waals surface area contributed by atoms with Crippen molar-refractivity contribution in [1.82, 2.24) is 19.9 Å². The van der Waals surface area contributed by atoms with Gasteiger partial charge in [-0.2, -0.15) is 0 Å². The summed E-state index contributed by atoms with van der Waals surface area (Å²) in [4.78, 5) is 8.15. The van der Waals surface area contributed by atoms with Crippen LogP contribution in [0.2, 0.25) is 0 Å². The van der Waals surface area contributed by atoms with E-state index in [0.717, 1.165) is 6.07 Å². The summed E-state index contributed by atoms with van der Waals surface area (Å²) in [6, 6.07) is 2.09. The monoisotopic (exact) mass is 461 g/mol. The molecule has 3 heterocycles. The largest absolute Gasteiger partial charge is 0.489 e. The number of anilines is 1. The van der Waals surface area contributed by atoms with Gasteiger partial charge in [0.15, 0.2) is 0 Å². The molecule has 1 aromatic carbocycles. The molecule has 174 valence electrons. The van der Waals surface area contributed by atoms with E-state index in [9.17, 15) is 23.4 Å². The molecule has 0 saturated heterocycles. The number of hydrogen-bond acceptors (Lipinski definition) is 7. The van der Waals surface area contributed by atoms with Crippen molar-refractivity contribution in [2.75, 3.05) is 18.9 Å². The van der Waals surface area contributed by atoms with Crippen molar-refractivity contribution in [2.45, 2.75) is 37.6 Å². The molecule has 5 rings (SSSR count). The van der Waals surface area contributed by atoms with Gasteiger partial charge in [0, 0.05) is 18.3 Å². The first-order valence-electron chi connectivity index (χ1n) is 10.5. The Bertz CT molecular complexity index is 1250. The van der Waals surface area contributed by atoms with Crippen molar-refractivity contribution in [3.05, 3.63) is 58.8 Å². The van der Waals surface area contributed by atoms with Gasteiger partial charge in [-0.3, -0.25) is 0 Å². The molecule has 2 aliphatic rings. The minimum Gasteiger partial charge on any atom is -0.489 e. The normalized spacial score (nSPS) is 22.6. The van der Waals surface area contributed by atoms with E-state index < -0.39 is 36.1 Å². The van der Waals surface area contributed by atoms with Gasteiger partial charge in [0.05, 0.1) is 17.0 Å². The van der Waals surface area contributed by atoms with Crippen LogP contribution < -0.4 is 15.8 Å². The third kappa shape index (κ3) is 3.62. The van der Waals surface area contributed by atoms with Crippen molar-refractivity contribution in [3.63, 3.8) is 0 Å². The second-order valence-electron chi connectivity index (χ2n) is 8.14. The molecule has 33 heavy (non-hydrogen) atoms. The molecule has 8 nitrogen and oxygen atoms in total. The lowest BCUT2D eigenvalue weighted by Gasteiger charge is -2.23. The maximum Gasteiger partial charge on any atom is 0.266 e. The molecule has 2 unspecified atom stereocenters. The molecule has 0 radical (unpaired) electrons. The molecule has 3 atom stereocenters. The van der Waals surface area contributed by atoms with E-state index in [1.54, 1.807) is 22.9 Å². The van der Waals surface area contributed by atoms with E-state index in [2.05, 4.69) is 15.3 Å². The number of nitrogens with one attached hydrogen (secondary N) is 1. The molecule has 0 spiro atoms. The first-order chi connectivity index (χ1) is 15.9. The zero-order valence-corrected chi connectivity index (χ0v) is 17.4. The number of aromatic nitrogens is 3. The summed E-state index contributed by atoms with van der Waals surface area (Å²) in [5.41, 5.74) is 6.74. The van der Waals surface area contributed by atoms with Gasteiger partial charge in [0.1, 0.15) is 48.2 Å². The zero-order valence-electron chi connectivity index (χ0n) is 17.4. The smallest absolute Gasteiger partial charge is 0.266 e. The number of nitrogens with zero attached hydrogens (tertiary/aromatic N) is 3. The predicted molar refractivity (Wildman–Crippen MR) is 113 cm³/mol. The van der Waals surface area contributed by atoms with Crippen LogP contribution in [0.3, 0.4) is 0 Å². The standard InChI is InChI=1S/C22H22F3N5O3/c23-17-11-1-3-27-7-14(11)16(6-13(17)20(24)25)33-8-10-5-15(19(32)18(10)31)30-4-2-12-21(26)28-9-29-22(12)30/h2,4-6,9,15,18-20,27,31-32H,1,3,7-8H2,(H2,26,28,29)/t15?,18?,19-/m1/s1. The van der Waals surface area contributed by atoms with Crippen molar-refractivity contribution in [3.8, 4) is 5.75 Å². The van der Waals surface area contributed by atoms with Crippen LogP contribution in [0.1, 0.15) is 29.2 Å². The van der Waals surface area contributed by atoms with Crippen LogP contribution in [0.25, 0.3) is 11.0 Å². The Hall–Kier alpha value is -3.15. The summed E-state index contributed by atoms with van der Waals surface area (Å²) >= 11 is 0. The van der Waals surface area contributed by atoms with Gasteiger partial charge in [-0.15, -0.1) is 0 Å². The summed E-state index contributed by atoms with van der Waals surface area (Å²) in [6.45, 7) is 0.604. The minimum atomic E-state index is -2.98. The summed E-state index contributed by atoms with van der Waals surface area (Å²) in [5, 5.41) is 25.0. The van der Waals surface area contributed by atoms with Crippen molar-refractivity contribution in [2.24, 2.45) is 0 Å². The molecule has 5 N–H and O–H groups in total. The maximum atomic E-state index is 14.5. The molecule has 3 aromatic rings. The molecule has 2 aromatic heterocycles. The lowest BCUT2D eigenvalue weighted by atomic mass is 9.96. The van der Waals surface area contributed by atoms with Gasteiger partial charge >= 0.3 is 0 Å². The summed E-state index contributed by atoms with van der Waals surface area (Å²) in [6.07, 6.45) is -0.483. The molecule has 1 aliphatic heterocycles. The van der Waals surface area contributed by atoms with Crippen molar-refractivity contribution < 1.29 is 28.1 Å². The number of nitrogen functional groups attached to an aromatic ring is 1. The Kier molecular flexibility index (Phi) is 5.47. The number of hydrogen-bond donors (Lipinski definition) is 4. The lowest BCUT2D eigenvalue weighted by molar-refractivity contribution is 0.0295. The van der Waals surface area contributed by atoms with Crippen LogP contribution in [-0.2, 0) is 13.0 Å². The third-order valence-corrected chi connectivity index (χ3v) is 6.25. The quantitative estimate of drug-likeness (QED) is 0.430. The van der Waals surface area contributed by atoms with Crippen LogP contribution >= 0.6 is 0 Å². The number of aliphatic hydroxyl groups excluding tert-OH is 2. The molecule has 0 saturated carbocycles. The number of rotatable bonds is 5. The summed E-state index contributed by atoms with van der Waals surface area (Å²) < 4.78 is 48.8. The van der Waals surface area contributed by atoms with E-state index >= 15 is 0 Å². The topological polar surface area (TPSA) is 118 Å². The Labute approximate surface area is 186 Å². The number of benzene rings is 1. The van der Waals surface area contributed by atoms with Gasteiger partial charge < -0.3 is 30.6 Å². The fourth-order valence-corrected chi connectivity index (χ4v) is 4.51. The lowest BCUT2D eigenvalue weighted by Crippen LogP contribution is -2.30. The van der Waals surface area contributed by atoms with Crippen molar-refractivity contribution in [1.29, 1.82) is 0 Å². The number of alkyl halides is 2. The third-order valence-electron chi connectivity index (χ3n) is 6.25. The van der Waals surface area contributed by atoms with E-state index in [1.165, 1.54) is 6.33 Å². The second kappa shape index (κ2) is 8.32. The highest BCUT2D eigenvalue weighted by atomic mass is 19.3. The van der Waals surface area contributed by atoms with Gasteiger partial charge in [0.2, 0.25) is 0 Å². The molecule has 11 heteroatoms. The molecule has 0 fully saturated rings. The highest BCUT2D eigenvalue weighted by Gasteiger charge is 2.37. The number of ether oxygens (including phenoxy) is 1. The van der Waals surface area contributed by atoms with Crippen LogP contribution in [-0.4, -0.2) is 50.1 Å². The van der Waals surface area contributed by atoms with E-state index in [1.807, 2.05) is 0 Å². The first-order valence-corrected chi connectivity index (χ1v) is 10.5. The second-order valence-corrected chi connectivity index (χ2v) is 8.14. The van der Waals surface area contributed by atoms with E-state index in [0.29, 0.717) is 34.5 Å². The minimum absolute atomic E-state index is 0.131. The van der Waals surface area contributed by atoms with Crippen LogP contribution in [0.15, 0.2) is 36.3 Å². The maximum absolute atomic E-state index is 14.5. The highest BCUT2D eigenvalue weighted by Crippen LogP contribution is 2.37.